The minimum Gasteiger partial charge on any atom is -0.393 e. The molecule has 3 aliphatic rings. The Morgan fingerprint density at radius 2 is 2.03 bits per heavy atom. The van der Waals surface area contributed by atoms with Gasteiger partial charge >= 0.3 is 0 Å². The molecule has 170 valence electrons. The van der Waals surface area contributed by atoms with Gasteiger partial charge in [-0.2, -0.15) is 0 Å². The number of alkyl halides is 1. The summed E-state index contributed by atoms with van der Waals surface area (Å²) in [5.74, 6) is 2.04. The fourth-order valence-electron chi connectivity index (χ4n) is 6.71. The highest BCUT2D eigenvalue weighted by Crippen LogP contribution is 2.60. The summed E-state index contributed by atoms with van der Waals surface area (Å²) < 4.78 is 14.1. The zero-order valence-corrected chi connectivity index (χ0v) is 19.6. The second kappa shape index (κ2) is 9.28. The highest BCUT2D eigenvalue weighted by molar-refractivity contribution is 5.38. The molecule has 0 heterocycles. The van der Waals surface area contributed by atoms with Crippen LogP contribution in [0.4, 0.5) is 4.39 Å². The maximum atomic E-state index is 14.1. The van der Waals surface area contributed by atoms with E-state index in [1.165, 1.54) is 37.7 Å². The molecule has 30 heavy (non-hydrogen) atoms. The Morgan fingerprint density at radius 3 is 2.73 bits per heavy atom. The van der Waals surface area contributed by atoms with Crippen molar-refractivity contribution in [2.45, 2.75) is 110 Å². The fourth-order valence-corrected chi connectivity index (χ4v) is 6.71. The van der Waals surface area contributed by atoms with Crippen LogP contribution in [0.5, 0.6) is 0 Å². The van der Waals surface area contributed by atoms with Crippen molar-refractivity contribution >= 4 is 0 Å². The first-order chi connectivity index (χ1) is 14.0. The van der Waals surface area contributed by atoms with Gasteiger partial charge in [-0.1, -0.05) is 51.0 Å². The summed E-state index contributed by atoms with van der Waals surface area (Å²) in [6.07, 6.45) is 12.6. The molecule has 0 aromatic heterocycles. The van der Waals surface area contributed by atoms with Crippen molar-refractivity contribution in [1.82, 2.24) is 0 Å². The van der Waals surface area contributed by atoms with Crippen LogP contribution in [0.15, 0.2) is 35.5 Å². The average molecular weight is 419 g/mol. The maximum Gasteiger partial charge on any atom is 0.127 e. The van der Waals surface area contributed by atoms with E-state index in [2.05, 4.69) is 32.6 Å². The Morgan fingerprint density at radius 1 is 1.30 bits per heavy atom. The van der Waals surface area contributed by atoms with Crippen LogP contribution in [0.1, 0.15) is 91.9 Å². The van der Waals surface area contributed by atoms with Crippen LogP contribution in [0.25, 0.3) is 0 Å². The van der Waals surface area contributed by atoms with Crippen molar-refractivity contribution in [3.05, 3.63) is 35.5 Å². The Kier molecular flexibility index (Phi) is 7.34. The number of aliphatic hydroxyl groups excluding tert-OH is 1. The maximum absolute atomic E-state index is 14.1. The minimum absolute atomic E-state index is 0.181. The van der Waals surface area contributed by atoms with E-state index < -0.39 is 17.9 Å². The van der Waals surface area contributed by atoms with Gasteiger partial charge in [0.25, 0.3) is 0 Å². The van der Waals surface area contributed by atoms with E-state index in [0.29, 0.717) is 29.2 Å². The molecule has 6 atom stereocenters. The van der Waals surface area contributed by atoms with Gasteiger partial charge in [-0.25, -0.2) is 4.39 Å². The third-order valence-electron chi connectivity index (χ3n) is 8.40. The lowest BCUT2D eigenvalue weighted by Crippen LogP contribution is -2.36. The lowest BCUT2D eigenvalue weighted by atomic mass is 9.60. The first kappa shape index (κ1) is 23.7. The minimum atomic E-state index is -1.12. The van der Waals surface area contributed by atoms with E-state index in [1.54, 1.807) is 0 Å². The lowest BCUT2D eigenvalue weighted by Gasteiger charge is -2.44. The monoisotopic (exact) mass is 418 g/mol. The predicted molar refractivity (Wildman–Crippen MR) is 123 cm³/mol. The third kappa shape index (κ3) is 5.27. The standard InChI is InChI=1S/C27H43FO2/c1-18(8-6-14-26(3,4)30)23-12-13-24-20(9-7-15-27(23,24)5)10-11-21-16-22(29)17-25(28)19(21)2/h10-11,18,22-25,29-30H,2,6-9,12-17H2,1,3-5H3/t18-,22-,23-,24+,25+,27-/m1/s1. The summed E-state index contributed by atoms with van der Waals surface area (Å²) >= 11 is 0. The highest BCUT2D eigenvalue weighted by Gasteiger charge is 2.50. The van der Waals surface area contributed by atoms with Crippen molar-refractivity contribution in [3.8, 4) is 0 Å². The molecule has 0 bridgehead atoms. The zero-order chi connectivity index (χ0) is 22.1. The van der Waals surface area contributed by atoms with Gasteiger partial charge in [-0.3, -0.25) is 0 Å². The lowest BCUT2D eigenvalue weighted by molar-refractivity contribution is 0.0596. The summed E-state index contributed by atoms with van der Waals surface area (Å²) in [4.78, 5) is 0. The molecule has 3 rings (SSSR count). The molecule has 0 unspecified atom stereocenters. The van der Waals surface area contributed by atoms with Gasteiger partial charge in [0.05, 0.1) is 11.7 Å². The van der Waals surface area contributed by atoms with Gasteiger partial charge in [0.15, 0.2) is 0 Å². The van der Waals surface area contributed by atoms with Crippen LogP contribution in [0.3, 0.4) is 0 Å². The summed E-state index contributed by atoms with van der Waals surface area (Å²) in [7, 11) is 0. The van der Waals surface area contributed by atoms with E-state index in [9.17, 15) is 14.6 Å². The molecule has 2 N–H and O–H groups in total. The van der Waals surface area contributed by atoms with E-state index in [1.807, 2.05) is 13.8 Å². The highest BCUT2D eigenvalue weighted by atomic mass is 19.1. The molecule has 0 amide bonds. The normalized spacial score (nSPS) is 38.8. The van der Waals surface area contributed by atoms with Crippen molar-refractivity contribution in [2.75, 3.05) is 0 Å². The zero-order valence-electron chi connectivity index (χ0n) is 19.6. The molecule has 3 fully saturated rings. The number of allylic oxidation sites excluding steroid dienone is 4. The van der Waals surface area contributed by atoms with E-state index in [0.717, 1.165) is 30.8 Å². The number of aliphatic hydroxyl groups is 2. The molecule has 0 aliphatic heterocycles. The van der Waals surface area contributed by atoms with E-state index >= 15 is 0 Å². The van der Waals surface area contributed by atoms with Crippen molar-refractivity contribution in [2.24, 2.45) is 23.2 Å². The Balaban J connectivity index is 1.70. The number of hydrogen-bond acceptors (Lipinski definition) is 2. The van der Waals surface area contributed by atoms with Crippen LogP contribution in [-0.2, 0) is 0 Å². The molecule has 3 heteroatoms. The topological polar surface area (TPSA) is 40.5 Å². The fraction of sp³-hybridized carbons (Fsp3) is 0.778. The SMILES string of the molecule is C=C1C(=CC=C2CCC[C@]3(C)[C@@H]([C@H](C)CCCC(C)(C)O)CC[C@@H]23)C[C@@H](O)C[C@@H]1F. The molecule has 0 aromatic rings. The number of hydrogen-bond donors (Lipinski definition) is 2. The second-order valence-electron chi connectivity index (χ2n) is 11.3. The summed E-state index contributed by atoms with van der Waals surface area (Å²) in [5.41, 5.74) is 2.75. The van der Waals surface area contributed by atoms with Crippen LogP contribution >= 0.6 is 0 Å². The third-order valence-corrected chi connectivity index (χ3v) is 8.40. The van der Waals surface area contributed by atoms with E-state index in [4.69, 9.17) is 0 Å². The summed E-state index contributed by atoms with van der Waals surface area (Å²) in [5, 5.41) is 20.0. The van der Waals surface area contributed by atoms with Gasteiger partial charge in [-0.15, -0.1) is 0 Å². The number of fused-ring (bicyclic) bond motifs is 1. The predicted octanol–water partition coefficient (Wildman–Crippen LogP) is 6.68. The van der Waals surface area contributed by atoms with Crippen molar-refractivity contribution in [3.63, 3.8) is 0 Å². The largest absolute Gasteiger partial charge is 0.393 e. The van der Waals surface area contributed by atoms with Gasteiger partial charge in [0.2, 0.25) is 0 Å². The first-order valence-corrected chi connectivity index (χ1v) is 12.1. The van der Waals surface area contributed by atoms with Gasteiger partial charge in [0.1, 0.15) is 6.17 Å². The number of rotatable bonds is 6. The molecular formula is C27H43FO2. The molecule has 0 radical (unpaired) electrons. The molecule has 0 spiro atoms. The van der Waals surface area contributed by atoms with Gasteiger partial charge in [0, 0.05) is 6.42 Å². The first-order valence-electron chi connectivity index (χ1n) is 12.1. The molecule has 3 saturated carbocycles. The number of halogens is 1. The van der Waals surface area contributed by atoms with Crippen molar-refractivity contribution < 1.29 is 14.6 Å². The molecule has 0 saturated heterocycles. The van der Waals surface area contributed by atoms with Crippen LogP contribution in [-0.4, -0.2) is 28.1 Å². The summed E-state index contributed by atoms with van der Waals surface area (Å²) in [6.45, 7) is 12.7. The molecule has 0 aromatic carbocycles. The molecular weight excluding hydrogens is 375 g/mol. The Hall–Kier alpha value is -0.930. The van der Waals surface area contributed by atoms with Crippen LogP contribution < -0.4 is 0 Å². The smallest absolute Gasteiger partial charge is 0.127 e. The Bertz CT molecular complexity index is 685. The van der Waals surface area contributed by atoms with Crippen LogP contribution in [0, 0.1) is 23.2 Å². The molecule has 2 nitrogen and oxygen atoms in total. The summed E-state index contributed by atoms with van der Waals surface area (Å²) in [6, 6.07) is 0. The second-order valence-corrected chi connectivity index (χ2v) is 11.3. The average Bonchev–Trinajstić information content (AvgIpc) is 3.00. The quantitative estimate of drug-likeness (QED) is 0.505. The van der Waals surface area contributed by atoms with Crippen molar-refractivity contribution in [1.29, 1.82) is 0 Å². The molecule has 3 aliphatic carbocycles. The van der Waals surface area contributed by atoms with Crippen LogP contribution in [0.2, 0.25) is 0 Å². The van der Waals surface area contributed by atoms with Gasteiger partial charge < -0.3 is 10.2 Å². The Labute approximate surface area is 183 Å². The van der Waals surface area contributed by atoms with Gasteiger partial charge in [-0.05, 0) is 93.1 Å². The van der Waals surface area contributed by atoms with E-state index in [-0.39, 0.29) is 6.42 Å².